The first-order chi connectivity index (χ1) is 11.7. The maximum atomic E-state index is 5.83. The van der Waals surface area contributed by atoms with E-state index in [0.29, 0.717) is 18.0 Å². The molecule has 0 atom stereocenters. The molecule has 0 amide bonds. The number of H-pyrrole nitrogens is 1. The number of nitrogen functional groups attached to an aromatic ring is 1. The zero-order valence-electron chi connectivity index (χ0n) is 12.9. The molecule has 24 heavy (non-hydrogen) atoms. The van der Waals surface area contributed by atoms with Crippen LogP contribution in [0, 0.1) is 0 Å². The second-order valence-electron chi connectivity index (χ2n) is 5.34. The van der Waals surface area contributed by atoms with E-state index in [1.807, 2.05) is 31.4 Å². The predicted molar refractivity (Wildman–Crippen MR) is 89.9 cm³/mol. The molecule has 0 unspecified atom stereocenters. The van der Waals surface area contributed by atoms with Gasteiger partial charge in [-0.05, 0) is 18.2 Å². The molecule has 4 N–H and O–H groups in total. The maximum absolute atomic E-state index is 5.83. The van der Waals surface area contributed by atoms with Crippen LogP contribution < -0.4 is 11.1 Å². The summed E-state index contributed by atoms with van der Waals surface area (Å²) in [6.45, 7) is 0.585. The van der Waals surface area contributed by atoms with Crippen LogP contribution in [0.25, 0.3) is 22.4 Å². The summed E-state index contributed by atoms with van der Waals surface area (Å²) in [5, 5.41) is 15.0. The lowest BCUT2D eigenvalue weighted by Gasteiger charge is -2.09. The molecule has 9 heteroatoms. The van der Waals surface area contributed by atoms with Gasteiger partial charge in [0.1, 0.15) is 5.82 Å². The number of nitrogens with two attached hydrogens (primary N) is 1. The number of fused-ring (bicyclic) bond motifs is 1. The molecule has 0 saturated carbocycles. The molecule has 0 radical (unpaired) electrons. The number of aromatic nitrogens is 7. The molecule has 0 aromatic carbocycles. The minimum Gasteiger partial charge on any atom is -0.368 e. The van der Waals surface area contributed by atoms with Crippen molar-refractivity contribution >= 4 is 22.8 Å². The number of nitrogens with one attached hydrogen (secondary N) is 2. The molecule has 4 heterocycles. The van der Waals surface area contributed by atoms with Gasteiger partial charge in [0.2, 0.25) is 5.95 Å². The van der Waals surface area contributed by atoms with Crippen LogP contribution in [0.4, 0.5) is 11.8 Å². The van der Waals surface area contributed by atoms with E-state index in [2.05, 4.69) is 35.6 Å². The standard InChI is InChI=1S/C15H15N9/c1-24-8-9(7-19-24)6-17-13-10-2-3-11(12-4-5-18-23-12)20-14(10)22-15(16)21-13/h2-5,7-8H,6H2,1H3,(H,18,23)(H3,16,17,20,21,22). The number of hydrogen-bond acceptors (Lipinski definition) is 7. The summed E-state index contributed by atoms with van der Waals surface area (Å²) in [5.41, 5.74) is 8.97. The molecule has 9 nitrogen and oxygen atoms in total. The molecule has 0 aliphatic heterocycles. The van der Waals surface area contributed by atoms with E-state index in [0.717, 1.165) is 22.3 Å². The summed E-state index contributed by atoms with van der Waals surface area (Å²) in [7, 11) is 1.88. The summed E-state index contributed by atoms with van der Waals surface area (Å²) in [6, 6.07) is 5.66. The predicted octanol–water partition coefficient (Wildman–Crippen LogP) is 1.34. The number of rotatable bonds is 4. The normalized spacial score (nSPS) is 11.0. The van der Waals surface area contributed by atoms with Crippen LogP contribution in [0.15, 0.2) is 36.8 Å². The molecule has 4 rings (SSSR count). The van der Waals surface area contributed by atoms with Gasteiger partial charge in [-0.2, -0.15) is 20.2 Å². The van der Waals surface area contributed by atoms with Crippen LogP contribution in [0.3, 0.4) is 0 Å². The Morgan fingerprint density at radius 1 is 1.21 bits per heavy atom. The van der Waals surface area contributed by atoms with Gasteiger partial charge in [-0.1, -0.05) is 0 Å². The molecule has 0 fully saturated rings. The molecular formula is C15H15N9. The second-order valence-corrected chi connectivity index (χ2v) is 5.34. The third kappa shape index (κ3) is 2.62. The average Bonchev–Trinajstić information content (AvgIpc) is 3.23. The van der Waals surface area contributed by atoms with Crippen molar-refractivity contribution in [3.05, 3.63) is 42.4 Å². The molecular weight excluding hydrogens is 306 g/mol. The fourth-order valence-corrected chi connectivity index (χ4v) is 2.46. The number of aromatic amines is 1. The topological polar surface area (TPSA) is 123 Å². The number of pyridine rings is 1. The third-order valence-electron chi connectivity index (χ3n) is 3.57. The smallest absolute Gasteiger partial charge is 0.224 e. The molecule has 4 aromatic heterocycles. The van der Waals surface area contributed by atoms with Gasteiger partial charge >= 0.3 is 0 Å². The Balaban J connectivity index is 1.70. The van der Waals surface area contributed by atoms with Crippen molar-refractivity contribution in [2.24, 2.45) is 7.05 Å². The highest BCUT2D eigenvalue weighted by molar-refractivity contribution is 5.88. The van der Waals surface area contributed by atoms with E-state index < -0.39 is 0 Å². The van der Waals surface area contributed by atoms with Crippen LogP contribution in [0.2, 0.25) is 0 Å². The largest absolute Gasteiger partial charge is 0.368 e. The molecule has 120 valence electrons. The Morgan fingerprint density at radius 3 is 2.88 bits per heavy atom. The van der Waals surface area contributed by atoms with E-state index >= 15 is 0 Å². The van der Waals surface area contributed by atoms with Crippen LogP contribution >= 0.6 is 0 Å². The highest BCUT2D eigenvalue weighted by Gasteiger charge is 2.10. The van der Waals surface area contributed by atoms with E-state index in [1.54, 1.807) is 17.1 Å². The van der Waals surface area contributed by atoms with Gasteiger partial charge in [0.05, 0.1) is 23.0 Å². The lowest BCUT2D eigenvalue weighted by molar-refractivity contribution is 0.767. The fraction of sp³-hybridized carbons (Fsp3) is 0.133. The fourth-order valence-electron chi connectivity index (χ4n) is 2.46. The first-order valence-electron chi connectivity index (χ1n) is 7.34. The molecule has 0 aliphatic carbocycles. The van der Waals surface area contributed by atoms with Crippen molar-refractivity contribution in [1.29, 1.82) is 0 Å². The quantitative estimate of drug-likeness (QED) is 0.518. The van der Waals surface area contributed by atoms with E-state index in [4.69, 9.17) is 5.73 Å². The molecule has 0 saturated heterocycles. The lowest BCUT2D eigenvalue weighted by atomic mass is 10.2. The summed E-state index contributed by atoms with van der Waals surface area (Å²) in [5.74, 6) is 0.815. The molecule has 0 spiro atoms. The summed E-state index contributed by atoms with van der Waals surface area (Å²) >= 11 is 0. The Labute approximate surface area is 137 Å². The Bertz CT molecular complexity index is 988. The first kappa shape index (κ1) is 14.1. The minimum absolute atomic E-state index is 0.172. The Kier molecular flexibility index (Phi) is 3.30. The number of hydrogen-bond donors (Lipinski definition) is 3. The molecule has 0 aliphatic rings. The van der Waals surface area contributed by atoms with Crippen molar-refractivity contribution in [2.75, 3.05) is 11.1 Å². The van der Waals surface area contributed by atoms with Gasteiger partial charge in [0, 0.05) is 31.5 Å². The highest BCUT2D eigenvalue weighted by Crippen LogP contribution is 2.23. The zero-order chi connectivity index (χ0) is 16.5. The lowest BCUT2D eigenvalue weighted by Crippen LogP contribution is -2.06. The van der Waals surface area contributed by atoms with Gasteiger partial charge < -0.3 is 11.1 Å². The van der Waals surface area contributed by atoms with Gasteiger partial charge in [-0.15, -0.1) is 0 Å². The zero-order valence-corrected chi connectivity index (χ0v) is 12.9. The molecule has 4 aromatic rings. The first-order valence-corrected chi connectivity index (χ1v) is 7.34. The maximum Gasteiger partial charge on any atom is 0.224 e. The van der Waals surface area contributed by atoms with Crippen LogP contribution in [-0.4, -0.2) is 34.9 Å². The summed E-state index contributed by atoms with van der Waals surface area (Å²) < 4.78 is 1.75. The Morgan fingerprint density at radius 2 is 2.12 bits per heavy atom. The number of anilines is 2. The van der Waals surface area contributed by atoms with Crippen molar-refractivity contribution in [1.82, 2.24) is 34.9 Å². The Hall–Kier alpha value is -3.49. The molecule has 0 bridgehead atoms. The monoisotopic (exact) mass is 321 g/mol. The third-order valence-corrected chi connectivity index (χ3v) is 3.57. The number of aryl methyl sites for hydroxylation is 1. The summed E-state index contributed by atoms with van der Waals surface area (Å²) in [6.07, 6.45) is 5.42. The second kappa shape index (κ2) is 5.61. The average molecular weight is 321 g/mol. The van der Waals surface area contributed by atoms with E-state index in [1.165, 1.54) is 0 Å². The van der Waals surface area contributed by atoms with Gasteiger partial charge in [0.15, 0.2) is 5.65 Å². The SMILES string of the molecule is Cn1cc(CNc2nc(N)nc3nc(-c4ccn[nH]4)ccc23)cn1. The van der Waals surface area contributed by atoms with Gasteiger partial charge in [-0.3, -0.25) is 9.78 Å². The van der Waals surface area contributed by atoms with E-state index in [-0.39, 0.29) is 5.95 Å². The van der Waals surface area contributed by atoms with Crippen molar-refractivity contribution in [2.45, 2.75) is 6.54 Å². The minimum atomic E-state index is 0.172. The van der Waals surface area contributed by atoms with Crippen LogP contribution in [0.1, 0.15) is 5.56 Å². The van der Waals surface area contributed by atoms with Crippen molar-refractivity contribution in [3.8, 4) is 11.4 Å². The van der Waals surface area contributed by atoms with Crippen LogP contribution in [0.5, 0.6) is 0 Å². The van der Waals surface area contributed by atoms with Gasteiger partial charge in [0.25, 0.3) is 0 Å². The number of nitrogens with zero attached hydrogens (tertiary/aromatic N) is 6. The van der Waals surface area contributed by atoms with E-state index in [9.17, 15) is 0 Å². The highest BCUT2D eigenvalue weighted by atomic mass is 15.2. The van der Waals surface area contributed by atoms with Crippen LogP contribution in [-0.2, 0) is 13.6 Å². The summed E-state index contributed by atoms with van der Waals surface area (Å²) in [4.78, 5) is 13.1. The van der Waals surface area contributed by atoms with Gasteiger partial charge in [-0.25, -0.2) is 4.98 Å². The van der Waals surface area contributed by atoms with Crippen molar-refractivity contribution < 1.29 is 0 Å². The van der Waals surface area contributed by atoms with Crippen molar-refractivity contribution in [3.63, 3.8) is 0 Å².